The van der Waals surface area contributed by atoms with E-state index in [0.29, 0.717) is 17.7 Å². The van der Waals surface area contributed by atoms with Gasteiger partial charge in [-0.2, -0.15) is 0 Å². The number of rotatable bonds is 2. The molecule has 1 aromatic carbocycles. The standard InChI is InChI=1S/C17H21N3O4/c18-15(22)17(24)7-8-20(10-17)16(23)19-12-6-5-11-3-1-2-4-14(21)13(11)9-12/h5-6,9,24H,1-4,7-8,10H2,(H2,18,22)(H,19,23). The number of ketones is 1. The summed E-state index contributed by atoms with van der Waals surface area (Å²) in [6.07, 6.45) is 3.40. The van der Waals surface area contributed by atoms with Crippen LogP contribution in [0.5, 0.6) is 0 Å². The molecule has 1 aliphatic heterocycles. The van der Waals surface area contributed by atoms with Crippen LogP contribution in [0.3, 0.4) is 0 Å². The molecule has 1 saturated heterocycles. The quantitative estimate of drug-likeness (QED) is 0.703. The van der Waals surface area contributed by atoms with Gasteiger partial charge >= 0.3 is 6.03 Å². The van der Waals surface area contributed by atoms with Gasteiger partial charge in [0.15, 0.2) is 11.4 Å². The van der Waals surface area contributed by atoms with E-state index in [0.717, 1.165) is 24.8 Å². The Labute approximate surface area is 139 Å². The molecule has 3 rings (SSSR count). The Balaban J connectivity index is 1.72. The van der Waals surface area contributed by atoms with Crippen LogP contribution < -0.4 is 11.1 Å². The van der Waals surface area contributed by atoms with Gasteiger partial charge in [0.1, 0.15) is 0 Å². The first-order chi connectivity index (χ1) is 11.4. The van der Waals surface area contributed by atoms with Gasteiger partial charge in [-0.1, -0.05) is 6.07 Å². The van der Waals surface area contributed by atoms with Crippen molar-refractivity contribution in [2.75, 3.05) is 18.4 Å². The number of aryl methyl sites for hydroxylation is 1. The molecule has 0 radical (unpaired) electrons. The van der Waals surface area contributed by atoms with Gasteiger partial charge in [-0.3, -0.25) is 9.59 Å². The molecular formula is C17H21N3O4. The number of amides is 3. The summed E-state index contributed by atoms with van der Waals surface area (Å²) in [5.41, 5.74) is 5.71. The Bertz CT molecular complexity index is 703. The Hall–Kier alpha value is -2.41. The normalized spacial score (nSPS) is 23.5. The number of Topliss-reactive ketones (excluding diaryl/α,β-unsaturated/α-hetero) is 1. The van der Waals surface area contributed by atoms with Crippen LogP contribution in [0.1, 0.15) is 41.6 Å². The van der Waals surface area contributed by atoms with E-state index in [1.54, 1.807) is 12.1 Å². The highest BCUT2D eigenvalue weighted by molar-refractivity contribution is 6.00. The van der Waals surface area contributed by atoms with Crippen molar-refractivity contribution >= 4 is 23.4 Å². The average Bonchev–Trinajstić information content (AvgIpc) is 2.87. The third kappa shape index (κ3) is 3.12. The first kappa shape index (κ1) is 16.4. The number of benzene rings is 1. The van der Waals surface area contributed by atoms with E-state index in [-0.39, 0.29) is 25.3 Å². The molecule has 1 aromatic rings. The van der Waals surface area contributed by atoms with Gasteiger partial charge in [0.2, 0.25) is 0 Å². The van der Waals surface area contributed by atoms with Crippen LogP contribution in [0.25, 0.3) is 0 Å². The van der Waals surface area contributed by atoms with Crippen LogP contribution in [0.4, 0.5) is 10.5 Å². The van der Waals surface area contributed by atoms with Crippen LogP contribution in [0.2, 0.25) is 0 Å². The second kappa shape index (κ2) is 6.24. The van der Waals surface area contributed by atoms with E-state index in [1.807, 2.05) is 6.07 Å². The SMILES string of the molecule is NC(=O)C1(O)CCN(C(=O)Nc2ccc3c(c2)C(=O)CCCC3)C1. The molecule has 1 fully saturated rings. The number of primary amides is 1. The van der Waals surface area contributed by atoms with Crippen molar-refractivity contribution in [3.05, 3.63) is 29.3 Å². The maximum absolute atomic E-state index is 12.3. The van der Waals surface area contributed by atoms with Gasteiger partial charge < -0.3 is 21.1 Å². The molecule has 0 saturated carbocycles. The van der Waals surface area contributed by atoms with E-state index in [9.17, 15) is 19.5 Å². The minimum atomic E-state index is -1.67. The number of hydrogen-bond acceptors (Lipinski definition) is 4. The Kier molecular flexibility index (Phi) is 4.28. The van der Waals surface area contributed by atoms with Crippen LogP contribution >= 0.6 is 0 Å². The molecule has 0 aromatic heterocycles. The molecule has 128 valence electrons. The fourth-order valence-electron chi connectivity index (χ4n) is 3.24. The van der Waals surface area contributed by atoms with Crippen molar-refractivity contribution in [2.45, 2.75) is 37.7 Å². The van der Waals surface area contributed by atoms with Gasteiger partial charge in [-0.15, -0.1) is 0 Å². The number of likely N-dealkylation sites (tertiary alicyclic amines) is 1. The number of anilines is 1. The van der Waals surface area contributed by atoms with Gasteiger partial charge in [-0.25, -0.2) is 4.79 Å². The van der Waals surface area contributed by atoms with Crippen LogP contribution in [-0.2, 0) is 11.2 Å². The molecule has 1 atom stereocenters. The van der Waals surface area contributed by atoms with Gasteiger partial charge in [0.25, 0.3) is 5.91 Å². The molecule has 0 spiro atoms. The van der Waals surface area contributed by atoms with Crippen LogP contribution in [0.15, 0.2) is 18.2 Å². The summed E-state index contributed by atoms with van der Waals surface area (Å²) in [4.78, 5) is 37.1. The maximum atomic E-state index is 12.3. The van der Waals surface area contributed by atoms with Crippen LogP contribution in [0, 0.1) is 0 Å². The molecule has 7 heteroatoms. The Morgan fingerprint density at radius 1 is 1.25 bits per heavy atom. The van der Waals surface area contributed by atoms with Crippen LogP contribution in [-0.4, -0.2) is 46.4 Å². The summed E-state index contributed by atoms with van der Waals surface area (Å²) in [6, 6.07) is 4.93. The van der Waals surface area contributed by atoms with E-state index in [4.69, 9.17) is 5.73 Å². The molecule has 3 amide bonds. The first-order valence-corrected chi connectivity index (χ1v) is 8.13. The number of nitrogens with zero attached hydrogens (tertiary/aromatic N) is 1. The summed E-state index contributed by atoms with van der Waals surface area (Å²) in [5.74, 6) is -0.726. The topological polar surface area (TPSA) is 113 Å². The molecule has 1 heterocycles. The van der Waals surface area contributed by atoms with Gasteiger partial charge in [0.05, 0.1) is 6.54 Å². The van der Waals surface area contributed by atoms with Gasteiger partial charge in [0, 0.05) is 30.6 Å². The zero-order valence-electron chi connectivity index (χ0n) is 13.4. The monoisotopic (exact) mass is 331 g/mol. The highest BCUT2D eigenvalue weighted by Gasteiger charge is 2.43. The smallest absolute Gasteiger partial charge is 0.321 e. The number of β-amino-alcohol motifs (C(OH)–C–C–N with tert-alkyl or cyclic N) is 1. The summed E-state index contributed by atoms with van der Waals surface area (Å²) in [6.45, 7) is 0.118. The number of nitrogens with one attached hydrogen (secondary N) is 1. The first-order valence-electron chi connectivity index (χ1n) is 8.13. The summed E-state index contributed by atoms with van der Waals surface area (Å²) in [7, 11) is 0. The number of nitrogens with two attached hydrogens (primary N) is 1. The molecule has 0 bridgehead atoms. The zero-order valence-corrected chi connectivity index (χ0v) is 13.4. The predicted molar refractivity (Wildman–Crippen MR) is 87.7 cm³/mol. The number of aliphatic hydroxyl groups is 1. The van der Waals surface area contributed by atoms with E-state index < -0.39 is 17.5 Å². The lowest BCUT2D eigenvalue weighted by molar-refractivity contribution is -0.134. The van der Waals surface area contributed by atoms with E-state index in [1.165, 1.54) is 4.90 Å². The Morgan fingerprint density at radius 3 is 2.71 bits per heavy atom. The summed E-state index contributed by atoms with van der Waals surface area (Å²) >= 11 is 0. The average molecular weight is 331 g/mol. The number of urea groups is 1. The minimum Gasteiger partial charge on any atom is -0.378 e. The zero-order chi connectivity index (χ0) is 17.3. The van der Waals surface area contributed by atoms with Crippen molar-refractivity contribution in [3.63, 3.8) is 0 Å². The number of carbonyl (C=O) groups excluding carboxylic acids is 3. The number of hydrogen-bond donors (Lipinski definition) is 3. The summed E-state index contributed by atoms with van der Waals surface area (Å²) in [5, 5.41) is 12.8. The second-order valence-electron chi connectivity index (χ2n) is 6.50. The van der Waals surface area contributed by atoms with Crippen molar-refractivity contribution in [3.8, 4) is 0 Å². The third-order valence-corrected chi connectivity index (χ3v) is 4.76. The molecular weight excluding hydrogens is 310 g/mol. The molecule has 7 nitrogen and oxygen atoms in total. The highest BCUT2D eigenvalue weighted by atomic mass is 16.3. The van der Waals surface area contributed by atoms with Crippen molar-refractivity contribution < 1.29 is 19.5 Å². The lowest BCUT2D eigenvalue weighted by Gasteiger charge is -2.20. The molecule has 4 N–H and O–H groups in total. The van der Waals surface area contributed by atoms with Crippen molar-refractivity contribution in [2.24, 2.45) is 5.73 Å². The van der Waals surface area contributed by atoms with Crippen molar-refractivity contribution in [1.29, 1.82) is 0 Å². The van der Waals surface area contributed by atoms with Crippen molar-refractivity contribution in [1.82, 2.24) is 4.90 Å². The van der Waals surface area contributed by atoms with E-state index in [2.05, 4.69) is 5.32 Å². The number of fused-ring (bicyclic) bond motifs is 1. The molecule has 1 unspecified atom stereocenters. The largest absolute Gasteiger partial charge is 0.378 e. The maximum Gasteiger partial charge on any atom is 0.321 e. The minimum absolute atomic E-state index is 0.0999. The number of carbonyl (C=O) groups is 3. The van der Waals surface area contributed by atoms with E-state index >= 15 is 0 Å². The fourth-order valence-corrected chi connectivity index (χ4v) is 3.24. The van der Waals surface area contributed by atoms with Gasteiger partial charge in [-0.05, 0) is 37.0 Å². The lowest BCUT2D eigenvalue weighted by Crippen LogP contribution is -2.47. The lowest BCUT2D eigenvalue weighted by atomic mass is 10.0. The fraction of sp³-hybridized carbons (Fsp3) is 0.471. The highest BCUT2D eigenvalue weighted by Crippen LogP contribution is 2.25. The third-order valence-electron chi connectivity index (χ3n) is 4.76. The predicted octanol–water partition coefficient (Wildman–Crippen LogP) is 1.05. The molecule has 24 heavy (non-hydrogen) atoms. The summed E-state index contributed by atoms with van der Waals surface area (Å²) < 4.78 is 0. The Morgan fingerprint density at radius 2 is 2.00 bits per heavy atom. The molecule has 1 aliphatic carbocycles. The molecule has 2 aliphatic rings. The second-order valence-corrected chi connectivity index (χ2v) is 6.50.